The minimum absolute atomic E-state index is 0.0113. The predicted octanol–water partition coefficient (Wildman–Crippen LogP) is 8.36. The number of hydrogen-bond acceptors (Lipinski definition) is 5. The van der Waals surface area contributed by atoms with Crippen molar-refractivity contribution in [1.82, 2.24) is 9.71 Å². The van der Waals surface area contributed by atoms with E-state index >= 15 is 0 Å². The molecule has 0 aliphatic heterocycles. The number of nitrogens with one attached hydrogen (secondary N) is 2. The second kappa shape index (κ2) is 14.3. The summed E-state index contributed by atoms with van der Waals surface area (Å²) >= 11 is 5.91. The number of aryl methyl sites for hydroxylation is 1. The molecule has 4 rings (SSSR count). The third-order valence-electron chi connectivity index (χ3n) is 7.06. The maximum atomic E-state index is 13.5. The SMILES string of the molecule is CCCCCC(=O)NS(=O)(=O)c1ccccc1NC(=O)c1ccc2nc(-c3cc(C(F)(F)F)cc(C(F)(F)F)c3)c(CCCl)cc2c1. The van der Waals surface area contributed by atoms with Gasteiger partial charge in [0.2, 0.25) is 5.91 Å². The molecular weight excluding hydrogens is 672 g/mol. The minimum Gasteiger partial charge on any atom is -0.321 e. The fraction of sp³-hybridized carbons (Fsp3) is 0.281. The average Bonchev–Trinajstić information content (AvgIpc) is 2.99. The summed E-state index contributed by atoms with van der Waals surface area (Å²) in [6, 6.07) is 12.2. The molecule has 0 aliphatic carbocycles. The highest BCUT2D eigenvalue weighted by molar-refractivity contribution is 7.90. The number of para-hydroxylation sites is 1. The molecule has 4 aromatic rings. The van der Waals surface area contributed by atoms with Crippen LogP contribution in [0.15, 0.2) is 71.6 Å². The Balaban J connectivity index is 1.69. The summed E-state index contributed by atoms with van der Waals surface area (Å²) in [5, 5.41) is 2.84. The zero-order valence-electron chi connectivity index (χ0n) is 24.7. The first kappa shape index (κ1) is 35.7. The molecular formula is C32H28ClF6N3O4S. The van der Waals surface area contributed by atoms with Crippen LogP contribution in [0.4, 0.5) is 32.0 Å². The molecule has 0 fully saturated rings. The Labute approximate surface area is 271 Å². The minimum atomic E-state index is -5.06. The summed E-state index contributed by atoms with van der Waals surface area (Å²) in [5.74, 6) is -1.46. The largest absolute Gasteiger partial charge is 0.416 e. The van der Waals surface area contributed by atoms with E-state index in [0.29, 0.717) is 23.9 Å². The van der Waals surface area contributed by atoms with Crippen molar-refractivity contribution in [3.63, 3.8) is 0 Å². The van der Waals surface area contributed by atoms with E-state index in [-0.39, 0.29) is 57.7 Å². The highest BCUT2D eigenvalue weighted by atomic mass is 35.5. The summed E-state index contributed by atoms with van der Waals surface area (Å²) in [6.07, 6.45) is -7.97. The summed E-state index contributed by atoms with van der Waals surface area (Å²) in [7, 11) is -4.34. The normalized spacial score (nSPS) is 12.3. The molecule has 0 radical (unpaired) electrons. The zero-order valence-corrected chi connectivity index (χ0v) is 26.3. The second-order valence-electron chi connectivity index (χ2n) is 10.6. The molecule has 2 amide bonds. The number of amides is 2. The smallest absolute Gasteiger partial charge is 0.321 e. The Bertz CT molecular complexity index is 1880. The van der Waals surface area contributed by atoms with Crippen molar-refractivity contribution < 1.29 is 44.3 Å². The number of rotatable bonds is 11. The maximum Gasteiger partial charge on any atom is 0.416 e. The van der Waals surface area contributed by atoms with Gasteiger partial charge in [-0.1, -0.05) is 31.9 Å². The molecule has 2 N–H and O–H groups in total. The van der Waals surface area contributed by atoms with Gasteiger partial charge in [-0.25, -0.2) is 18.1 Å². The number of nitrogens with zero attached hydrogens (tertiary/aromatic N) is 1. The van der Waals surface area contributed by atoms with E-state index in [9.17, 15) is 44.3 Å². The number of sulfonamides is 1. The number of benzene rings is 3. The Morgan fingerprint density at radius 2 is 1.53 bits per heavy atom. The Kier molecular flexibility index (Phi) is 10.9. The fourth-order valence-electron chi connectivity index (χ4n) is 4.79. The lowest BCUT2D eigenvalue weighted by molar-refractivity contribution is -0.143. The molecule has 0 bridgehead atoms. The lowest BCUT2D eigenvalue weighted by Gasteiger charge is -2.16. The molecule has 0 atom stereocenters. The predicted molar refractivity (Wildman–Crippen MR) is 165 cm³/mol. The third kappa shape index (κ3) is 8.80. The van der Waals surface area contributed by atoms with E-state index in [2.05, 4.69) is 10.3 Å². The molecule has 47 heavy (non-hydrogen) atoms. The van der Waals surface area contributed by atoms with Crippen LogP contribution in [0.5, 0.6) is 0 Å². The molecule has 250 valence electrons. The van der Waals surface area contributed by atoms with Crippen LogP contribution in [-0.2, 0) is 33.6 Å². The first-order valence-electron chi connectivity index (χ1n) is 14.3. The fourth-order valence-corrected chi connectivity index (χ4v) is 6.17. The summed E-state index contributed by atoms with van der Waals surface area (Å²) in [4.78, 5) is 29.5. The number of anilines is 1. The number of pyridine rings is 1. The molecule has 1 heterocycles. The van der Waals surface area contributed by atoms with Gasteiger partial charge < -0.3 is 5.32 Å². The van der Waals surface area contributed by atoms with Gasteiger partial charge in [-0.2, -0.15) is 26.3 Å². The lowest BCUT2D eigenvalue weighted by Crippen LogP contribution is -2.31. The van der Waals surface area contributed by atoms with Crippen molar-refractivity contribution in [2.45, 2.75) is 56.3 Å². The lowest BCUT2D eigenvalue weighted by atomic mass is 9.97. The highest BCUT2D eigenvalue weighted by Gasteiger charge is 2.37. The number of carbonyl (C=O) groups excluding carboxylic acids is 2. The molecule has 0 saturated carbocycles. The average molecular weight is 700 g/mol. The van der Waals surface area contributed by atoms with Crippen molar-refractivity contribution in [3.05, 3.63) is 89.0 Å². The van der Waals surface area contributed by atoms with Gasteiger partial charge in [0.25, 0.3) is 15.9 Å². The zero-order chi connectivity index (χ0) is 34.6. The van der Waals surface area contributed by atoms with Gasteiger partial charge >= 0.3 is 12.4 Å². The standard InChI is InChI=1S/C32H28ClF6N3O4S/c1-2-3-4-9-28(43)42-47(45,46)27-8-6-5-7-26(27)41-30(44)20-10-11-25-21(15-20)14-19(12-13-33)29(40-25)22-16-23(31(34,35)36)18-24(17-22)32(37,38)39/h5-8,10-11,14-18H,2-4,9,12-13H2,1H3,(H,41,44)(H,42,43). The summed E-state index contributed by atoms with van der Waals surface area (Å²) in [5.41, 5.74) is -3.20. The van der Waals surface area contributed by atoms with E-state index in [1.54, 1.807) is 0 Å². The van der Waals surface area contributed by atoms with Crippen LogP contribution in [-0.4, -0.2) is 31.1 Å². The third-order valence-corrected chi connectivity index (χ3v) is 8.68. The van der Waals surface area contributed by atoms with E-state index < -0.39 is 50.9 Å². The van der Waals surface area contributed by atoms with Gasteiger partial charge in [-0.15, -0.1) is 11.6 Å². The summed E-state index contributed by atoms with van der Waals surface area (Å²) < 4.78 is 109. The quantitative estimate of drug-likeness (QED) is 0.0930. The van der Waals surface area contributed by atoms with Gasteiger partial charge in [0.1, 0.15) is 4.90 Å². The molecule has 1 aromatic heterocycles. The van der Waals surface area contributed by atoms with Crippen LogP contribution in [0.25, 0.3) is 22.2 Å². The van der Waals surface area contributed by atoms with E-state index in [1.165, 1.54) is 48.5 Å². The Morgan fingerprint density at radius 3 is 2.15 bits per heavy atom. The first-order valence-corrected chi connectivity index (χ1v) is 16.3. The number of alkyl halides is 7. The molecule has 0 saturated heterocycles. The molecule has 15 heteroatoms. The number of carbonyl (C=O) groups is 2. The van der Waals surface area contributed by atoms with Gasteiger partial charge in [-0.3, -0.25) is 9.59 Å². The van der Waals surface area contributed by atoms with Crippen LogP contribution in [0.1, 0.15) is 59.7 Å². The van der Waals surface area contributed by atoms with Crippen molar-refractivity contribution >= 4 is 50.0 Å². The van der Waals surface area contributed by atoms with E-state index in [0.717, 1.165) is 12.8 Å². The highest BCUT2D eigenvalue weighted by Crippen LogP contribution is 2.39. The van der Waals surface area contributed by atoms with Gasteiger partial charge in [0.05, 0.1) is 28.0 Å². The van der Waals surface area contributed by atoms with Crippen LogP contribution in [0.3, 0.4) is 0 Å². The topological polar surface area (TPSA) is 105 Å². The second-order valence-corrected chi connectivity index (χ2v) is 12.6. The molecule has 0 aliphatic rings. The number of unbranched alkanes of at least 4 members (excludes halogenated alkanes) is 2. The Hall–Kier alpha value is -4.17. The monoisotopic (exact) mass is 699 g/mol. The number of aromatic nitrogens is 1. The van der Waals surface area contributed by atoms with Crippen LogP contribution in [0.2, 0.25) is 0 Å². The van der Waals surface area contributed by atoms with Crippen LogP contribution < -0.4 is 10.0 Å². The maximum absolute atomic E-state index is 13.5. The van der Waals surface area contributed by atoms with Crippen molar-refractivity contribution in [2.24, 2.45) is 0 Å². The Morgan fingerprint density at radius 1 is 0.872 bits per heavy atom. The van der Waals surface area contributed by atoms with Crippen molar-refractivity contribution in [3.8, 4) is 11.3 Å². The summed E-state index contributed by atoms with van der Waals surface area (Å²) in [6.45, 7) is 1.94. The molecule has 7 nitrogen and oxygen atoms in total. The van der Waals surface area contributed by atoms with Crippen molar-refractivity contribution in [2.75, 3.05) is 11.2 Å². The van der Waals surface area contributed by atoms with E-state index in [4.69, 9.17) is 11.6 Å². The van der Waals surface area contributed by atoms with Crippen LogP contribution in [0, 0.1) is 0 Å². The van der Waals surface area contributed by atoms with Crippen LogP contribution >= 0.6 is 11.6 Å². The molecule has 0 spiro atoms. The molecule has 3 aromatic carbocycles. The van der Waals surface area contributed by atoms with E-state index in [1.807, 2.05) is 11.6 Å². The number of fused-ring (bicyclic) bond motifs is 1. The number of hydrogen-bond donors (Lipinski definition) is 2. The van der Waals surface area contributed by atoms with Crippen molar-refractivity contribution in [1.29, 1.82) is 0 Å². The molecule has 0 unspecified atom stereocenters. The number of halogens is 7. The van der Waals surface area contributed by atoms with Gasteiger partial charge in [-0.05, 0) is 73.0 Å². The van der Waals surface area contributed by atoms with Gasteiger partial charge in [0.15, 0.2) is 0 Å². The first-order chi connectivity index (χ1) is 22.0. The van der Waals surface area contributed by atoms with Gasteiger partial charge in [0, 0.05) is 28.8 Å².